The third-order valence-corrected chi connectivity index (χ3v) is 6.29. The largest absolute Gasteiger partial charge is 0.377 e. The van der Waals surface area contributed by atoms with Crippen LogP contribution in [0.1, 0.15) is 11.1 Å². The van der Waals surface area contributed by atoms with Gasteiger partial charge in [0.1, 0.15) is 4.90 Å². The van der Waals surface area contributed by atoms with Gasteiger partial charge in [-0.1, -0.05) is 51.8 Å². The summed E-state index contributed by atoms with van der Waals surface area (Å²) < 4.78 is 31.9. The molecule has 0 heterocycles. The summed E-state index contributed by atoms with van der Waals surface area (Å²) in [5, 5.41) is 0.566. The Kier molecular flexibility index (Phi) is 6.60. The maximum atomic E-state index is 12.6. The Morgan fingerprint density at radius 1 is 1.04 bits per heavy atom. The van der Waals surface area contributed by atoms with Crippen LogP contribution in [0.25, 0.3) is 0 Å². The summed E-state index contributed by atoms with van der Waals surface area (Å²) in [5.74, 6) is 0.149. The number of rotatable bonds is 5. The Morgan fingerprint density at radius 3 is 2.46 bits per heavy atom. The van der Waals surface area contributed by atoms with E-state index in [-0.39, 0.29) is 10.6 Å². The van der Waals surface area contributed by atoms with E-state index in [1.165, 1.54) is 12.1 Å². The second-order valence-electron chi connectivity index (χ2n) is 5.85. The molecule has 28 heavy (non-hydrogen) atoms. The van der Waals surface area contributed by atoms with Gasteiger partial charge in [0.25, 0.3) is 0 Å². The molecule has 0 unspecified atom stereocenters. The van der Waals surface area contributed by atoms with Crippen molar-refractivity contribution in [2.24, 2.45) is 4.99 Å². The topological polar surface area (TPSA) is 55.7 Å². The van der Waals surface area contributed by atoms with Gasteiger partial charge in [0.2, 0.25) is 0 Å². The van der Waals surface area contributed by atoms with Gasteiger partial charge in [-0.25, -0.2) is 0 Å². The van der Waals surface area contributed by atoms with E-state index in [0.717, 1.165) is 10.0 Å². The first kappa shape index (κ1) is 21.0. The van der Waals surface area contributed by atoms with Gasteiger partial charge in [-0.05, 0) is 64.8 Å². The summed E-state index contributed by atoms with van der Waals surface area (Å²) in [6.45, 7) is 1.91. The van der Waals surface area contributed by atoms with Gasteiger partial charge in [0, 0.05) is 21.3 Å². The Balaban J connectivity index is 2.03. The third-order valence-electron chi connectivity index (χ3n) is 3.78. The second kappa shape index (κ2) is 8.78. The van der Waals surface area contributed by atoms with Crippen molar-refractivity contribution in [1.29, 1.82) is 0 Å². The fourth-order valence-corrected chi connectivity index (χ4v) is 4.97. The molecule has 0 saturated heterocycles. The summed E-state index contributed by atoms with van der Waals surface area (Å²) in [5.41, 5.74) is 2.11. The van der Waals surface area contributed by atoms with Gasteiger partial charge in [-0.2, -0.15) is 8.42 Å². The van der Waals surface area contributed by atoms with Crippen molar-refractivity contribution < 1.29 is 12.6 Å². The van der Waals surface area contributed by atoms with Gasteiger partial charge in [-0.3, -0.25) is 4.99 Å². The third kappa shape index (κ3) is 5.03. The average molecular weight is 544 g/mol. The van der Waals surface area contributed by atoms with E-state index >= 15 is 0 Å². The van der Waals surface area contributed by atoms with Crippen molar-refractivity contribution in [1.82, 2.24) is 0 Å². The molecule has 8 heteroatoms. The number of nitrogens with zero attached hydrogens (tertiary/aromatic N) is 1. The molecular formula is C20H14Br2ClNO3S. The van der Waals surface area contributed by atoms with Gasteiger partial charge < -0.3 is 4.18 Å². The highest BCUT2D eigenvalue weighted by Crippen LogP contribution is 2.34. The predicted molar refractivity (Wildman–Crippen MR) is 120 cm³/mol. The second-order valence-corrected chi connectivity index (χ2v) is 9.60. The van der Waals surface area contributed by atoms with Gasteiger partial charge in [-0.15, -0.1) is 0 Å². The lowest BCUT2D eigenvalue weighted by Crippen LogP contribution is -2.11. The highest BCUT2D eigenvalue weighted by Gasteiger charge is 2.20. The predicted octanol–water partition coefficient (Wildman–Crippen LogP) is 6.69. The van der Waals surface area contributed by atoms with Crippen LogP contribution >= 0.6 is 43.5 Å². The van der Waals surface area contributed by atoms with Crippen LogP contribution < -0.4 is 4.18 Å². The molecule has 0 aliphatic heterocycles. The average Bonchev–Trinajstić information content (AvgIpc) is 2.65. The lowest BCUT2D eigenvalue weighted by Gasteiger charge is -2.12. The van der Waals surface area contributed by atoms with Crippen molar-refractivity contribution in [2.75, 3.05) is 0 Å². The lowest BCUT2D eigenvalue weighted by atomic mass is 10.2. The lowest BCUT2D eigenvalue weighted by molar-refractivity contribution is 0.484. The molecule has 4 nitrogen and oxygen atoms in total. The molecule has 3 rings (SSSR count). The first-order chi connectivity index (χ1) is 13.3. The van der Waals surface area contributed by atoms with Crippen LogP contribution in [0.5, 0.6) is 5.75 Å². The molecule has 0 fully saturated rings. The molecule has 0 bridgehead atoms. The van der Waals surface area contributed by atoms with E-state index in [9.17, 15) is 8.42 Å². The van der Waals surface area contributed by atoms with Gasteiger partial charge >= 0.3 is 10.1 Å². The first-order valence-corrected chi connectivity index (χ1v) is 11.4. The minimum atomic E-state index is -4.00. The highest BCUT2D eigenvalue weighted by molar-refractivity contribution is 9.11. The molecular weight excluding hydrogens is 530 g/mol. The summed E-state index contributed by atoms with van der Waals surface area (Å²) >= 11 is 12.8. The minimum Gasteiger partial charge on any atom is -0.377 e. The molecule has 0 radical (unpaired) electrons. The van der Waals surface area contributed by atoms with Crippen LogP contribution in [0.4, 0.5) is 5.69 Å². The SMILES string of the molecule is Cc1ccc(Cl)cc1N=Cc1cc(Br)cc(Br)c1OS(=O)(=O)c1ccccc1. The minimum absolute atomic E-state index is 0.0680. The molecule has 3 aromatic rings. The zero-order valence-electron chi connectivity index (χ0n) is 14.6. The summed E-state index contributed by atoms with van der Waals surface area (Å²) in [6.07, 6.45) is 1.55. The molecule has 0 aliphatic rings. The van der Waals surface area contributed by atoms with Crippen LogP contribution in [0.15, 0.2) is 79.5 Å². The molecule has 0 atom stereocenters. The Labute approximate surface area is 185 Å². The standard InChI is InChI=1S/C20H14Br2ClNO3S/c1-13-7-8-16(23)11-19(13)24-12-14-9-15(21)10-18(22)20(14)27-28(25,26)17-5-3-2-4-6-17/h2-12H,1H3. The fourth-order valence-electron chi connectivity index (χ4n) is 2.37. The molecule has 0 spiro atoms. The smallest absolute Gasteiger partial charge is 0.339 e. The van der Waals surface area contributed by atoms with Crippen molar-refractivity contribution in [3.8, 4) is 5.75 Å². The number of aliphatic imine (C=N–C) groups is 1. The van der Waals surface area contributed by atoms with Crippen molar-refractivity contribution >= 4 is 65.5 Å². The van der Waals surface area contributed by atoms with Gasteiger partial charge in [0.05, 0.1) is 10.2 Å². The van der Waals surface area contributed by atoms with Crippen molar-refractivity contribution in [3.05, 3.63) is 85.8 Å². The van der Waals surface area contributed by atoms with E-state index in [4.69, 9.17) is 15.8 Å². The van der Waals surface area contributed by atoms with E-state index in [0.29, 0.717) is 20.7 Å². The highest BCUT2D eigenvalue weighted by atomic mass is 79.9. The monoisotopic (exact) mass is 541 g/mol. The Hall–Kier alpha value is -1.67. The molecule has 3 aromatic carbocycles. The van der Waals surface area contributed by atoms with E-state index in [1.807, 2.05) is 13.0 Å². The summed E-state index contributed by atoms with van der Waals surface area (Å²) in [4.78, 5) is 4.52. The maximum Gasteiger partial charge on any atom is 0.339 e. The molecule has 144 valence electrons. The fraction of sp³-hybridized carbons (Fsp3) is 0.0500. The maximum absolute atomic E-state index is 12.6. The van der Waals surface area contributed by atoms with E-state index in [2.05, 4.69) is 36.9 Å². The number of aryl methyl sites for hydroxylation is 1. The van der Waals surface area contributed by atoms with E-state index in [1.54, 1.807) is 48.7 Å². The summed E-state index contributed by atoms with van der Waals surface area (Å²) in [7, 11) is -4.00. The summed E-state index contributed by atoms with van der Waals surface area (Å²) in [6, 6.07) is 16.8. The van der Waals surface area contributed by atoms with Crippen LogP contribution in [0.3, 0.4) is 0 Å². The molecule has 0 aromatic heterocycles. The molecule has 0 saturated carbocycles. The number of hydrogen-bond acceptors (Lipinski definition) is 4. The normalized spacial score (nSPS) is 11.7. The number of hydrogen-bond donors (Lipinski definition) is 0. The number of benzene rings is 3. The zero-order valence-corrected chi connectivity index (χ0v) is 19.3. The van der Waals surface area contributed by atoms with Gasteiger partial charge in [0.15, 0.2) is 5.75 Å². The van der Waals surface area contributed by atoms with Crippen LogP contribution in [-0.2, 0) is 10.1 Å². The van der Waals surface area contributed by atoms with E-state index < -0.39 is 10.1 Å². The van der Waals surface area contributed by atoms with Crippen LogP contribution in [-0.4, -0.2) is 14.6 Å². The Bertz CT molecular complexity index is 1150. The first-order valence-electron chi connectivity index (χ1n) is 8.05. The molecule has 0 aliphatic carbocycles. The van der Waals surface area contributed by atoms with Crippen molar-refractivity contribution in [3.63, 3.8) is 0 Å². The molecule has 0 N–H and O–H groups in total. The molecule has 0 amide bonds. The quantitative estimate of drug-likeness (QED) is 0.266. The Morgan fingerprint density at radius 2 is 1.75 bits per heavy atom. The number of halogens is 3. The van der Waals surface area contributed by atoms with Crippen LogP contribution in [0, 0.1) is 6.92 Å². The van der Waals surface area contributed by atoms with Crippen LogP contribution in [0.2, 0.25) is 5.02 Å². The van der Waals surface area contributed by atoms with Crippen molar-refractivity contribution in [2.45, 2.75) is 11.8 Å². The zero-order chi connectivity index (χ0) is 20.3.